The van der Waals surface area contributed by atoms with Gasteiger partial charge in [-0.05, 0) is 79.5 Å². The number of hydrogen-bond acceptors (Lipinski definition) is 8. The molecule has 3 saturated carbocycles. The molecule has 1 aromatic heterocycles. The number of Topliss-reactive ketones (excluding diaryl/α,β-unsaturated/α-hetero) is 1. The lowest BCUT2D eigenvalue weighted by atomic mass is 9.44. The van der Waals surface area contributed by atoms with E-state index >= 15 is 8.78 Å². The van der Waals surface area contributed by atoms with Gasteiger partial charge in [-0.25, -0.2) is 8.78 Å². The van der Waals surface area contributed by atoms with E-state index < -0.39 is 76.8 Å². The van der Waals surface area contributed by atoms with Crippen LogP contribution in [0.25, 0.3) is 0 Å². The Morgan fingerprint density at radius 3 is 2.61 bits per heavy atom. The number of halogens is 2. The molecule has 5 aliphatic rings. The zero-order valence-corrected chi connectivity index (χ0v) is 26.1. The van der Waals surface area contributed by atoms with Gasteiger partial charge in [0, 0.05) is 41.2 Å². The van der Waals surface area contributed by atoms with E-state index in [1.165, 1.54) is 19.1 Å². The lowest BCUT2D eigenvalue weighted by Crippen LogP contribution is -2.70. The number of allylic oxidation sites excluding steroid dienone is 4. The molecule has 0 radical (unpaired) electrons. The van der Waals surface area contributed by atoms with Gasteiger partial charge in [-0.1, -0.05) is 25.1 Å². The number of rotatable bonds is 6. The molecule has 1 aliphatic heterocycles. The molecule has 246 valence electrons. The number of carbonyl (C=O) groups is 2. The molecular formula is C35H40F2N2O7. The van der Waals surface area contributed by atoms with Gasteiger partial charge in [0.1, 0.15) is 12.8 Å². The first-order valence-corrected chi connectivity index (χ1v) is 15.8. The normalized spacial score (nSPS) is 41.0. The van der Waals surface area contributed by atoms with Gasteiger partial charge in [-0.15, -0.1) is 0 Å². The minimum atomic E-state index is -2.31. The molecule has 0 spiro atoms. The van der Waals surface area contributed by atoms with Crippen molar-refractivity contribution < 1.29 is 43.2 Å². The van der Waals surface area contributed by atoms with Crippen LogP contribution < -0.4 is 5.73 Å². The number of nitrogens with two attached hydrogens (primary N) is 1. The number of ether oxygens (including phenoxy) is 2. The van der Waals surface area contributed by atoms with E-state index in [2.05, 4.69) is 0 Å². The van der Waals surface area contributed by atoms with Gasteiger partial charge >= 0.3 is 0 Å². The van der Waals surface area contributed by atoms with Crippen LogP contribution in [-0.4, -0.2) is 67.7 Å². The molecule has 2 heterocycles. The highest BCUT2D eigenvalue weighted by Gasteiger charge is 2.80. The van der Waals surface area contributed by atoms with Crippen molar-refractivity contribution in [3.8, 4) is 0 Å². The first-order chi connectivity index (χ1) is 21.7. The van der Waals surface area contributed by atoms with E-state index in [-0.39, 0.29) is 31.4 Å². The predicted molar refractivity (Wildman–Crippen MR) is 163 cm³/mol. The van der Waals surface area contributed by atoms with Crippen molar-refractivity contribution in [3.05, 3.63) is 76.6 Å². The summed E-state index contributed by atoms with van der Waals surface area (Å²) in [4.78, 5) is 26.0. The molecule has 9 nitrogen and oxygen atoms in total. The van der Waals surface area contributed by atoms with Crippen LogP contribution in [0.5, 0.6) is 0 Å². The molecule has 5 N–H and O–H groups in total. The smallest absolute Gasteiger partial charge is 0.200 e. The van der Waals surface area contributed by atoms with Crippen LogP contribution in [-0.2, 0) is 39.1 Å². The molecule has 7 rings (SSSR count). The highest BCUT2D eigenvalue weighted by molar-refractivity contribution is 6.01. The quantitative estimate of drug-likeness (QED) is 0.353. The van der Waals surface area contributed by atoms with Gasteiger partial charge in [0.05, 0.1) is 24.5 Å². The minimum absolute atomic E-state index is 0.0276. The molecule has 0 amide bonds. The van der Waals surface area contributed by atoms with Crippen LogP contribution in [0.15, 0.2) is 54.3 Å². The maximum absolute atomic E-state index is 17.6. The third-order valence-electron chi connectivity index (χ3n) is 12.1. The maximum Gasteiger partial charge on any atom is 0.200 e. The lowest BCUT2D eigenvalue weighted by Gasteiger charge is -2.63. The fourth-order valence-corrected chi connectivity index (χ4v) is 9.82. The van der Waals surface area contributed by atoms with Crippen molar-refractivity contribution >= 4 is 17.3 Å². The number of aryl methyl sites for hydroxylation is 1. The molecular weight excluding hydrogens is 598 g/mol. The number of alkyl halides is 2. The van der Waals surface area contributed by atoms with Crippen molar-refractivity contribution in [2.24, 2.45) is 29.7 Å². The Bertz CT molecular complexity index is 1690. The van der Waals surface area contributed by atoms with Gasteiger partial charge in [-0.3, -0.25) is 9.59 Å². The van der Waals surface area contributed by atoms with Crippen molar-refractivity contribution in [3.63, 3.8) is 0 Å². The summed E-state index contributed by atoms with van der Waals surface area (Å²) in [5.74, 6) is -2.68. The molecule has 4 fully saturated rings. The first-order valence-electron chi connectivity index (χ1n) is 15.8. The lowest BCUT2D eigenvalue weighted by molar-refractivity contribution is -0.235. The Labute approximate surface area is 265 Å². The molecule has 1 aromatic carbocycles. The van der Waals surface area contributed by atoms with E-state index in [1.54, 1.807) is 13.0 Å². The SMILES string of the molecule is Cn1cc(Cc2ccc(CO)c(N)c2)cc1[C@@H]1O[C@@H]2C[C@H]3[C@@H]4C[C@H](F)C5=CC(=O)C=C[C@]5(C)[C@@]4(F)[C@@H](O)C[C@]3(C)[C@]2(C(=O)CO)O1. The summed E-state index contributed by atoms with van der Waals surface area (Å²) >= 11 is 0. The number of hydrogen-bond donors (Lipinski definition) is 4. The van der Waals surface area contributed by atoms with Gasteiger partial charge in [0.25, 0.3) is 0 Å². The largest absolute Gasteiger partial charge is 0.398 e. The Morgan fingerprint density at radius 1 is 1.15 bits per heavy atom. The average molecular weight is 639 g/mol. The number of nitrogens with zero attached hydrogens (tertiary/aromatic N) is 1. The molecule has 2 aromatic rings. The Hall–Kier alpha value is -3.22. The fraction of sp³-hybridized carbons (Fsp3) is 0.543. The maximum atomic E-state index is 17.6. The minimum Gasteiger partial charge on any atom is -0.398 e. The van der Waals surface area contributed by atoms with E-state index in [1.807, 2.05) is 36.0 Å². The number of aliphatic hydroxyl groups excluding tert-OH is 3. The predicted octanol–water partition coefficient (Wildman–Crippen LogP) is 3.33. The third-order valence-corrected chi connectivity index (χ3v) is 12.1. The summed E-state index contributed by atoms with van der Waals surface area (Å²) in [7, 11) is 1.83. The highest BCUT2D eigenvalue weighted by atomic mass is 19.1. The van der Waals surface area contributed by atoms with E-state index in [4.69, 9.17) is 15.2 Å². The second-order valence-corrected chi connectivity index (χ2v) is 14.2. The van der Waals surface area contributed by atoms with Crippen LogP contribution in [0.1, 0.15) is 61.8 Å². The van der Waals surface area contributed by atoms with E-state index in [0.717, 1.165) is 17.2 Å². The number of aliphatic hydroxyl groups is 3. The number of aromatic nitrogens is 1. The summed E-state index contributed by atoms with van der Waals surface area (Å²) in [6.45, 7) is 2.29. The summed E-state index contributed by atoms with van der Waals surface area (Å²) in [5, 5.41) is 31.4. The van der Waals surface area contributed by atoms with Crippen molar-refractivity contribution in [1.82, 2.24) is 4.57 Å². The zero-order chi connectivity index (χ0) is 33.0. The number of benzene rings is 1. The van der Waals surface area contributed by atoms with Crippen LogP contribution in [0, 0.1) is 22.7 Å². The highest BCUT2D eigenvalue weighted by Crippen LogP contribution is 2.72. The first kappa shape index (κ1) is 31.4. The van der Waals surface area contributed by atoms with Crippen LogP contribution >= 0.6 is 0 Å². The monoisotopic (exact) mass is 638 g/mol. The van der Waals surface area contributed by atoms with Crippen LogP contribution in [0.3, 0.4) is 0 Å². The Balaban J connectivity index is 1.22. The molecule has 4 aliphatic carbocycles. The zero-order valence-electron chi connectivity index (χ0n) is 26.1. The number of carbonyl (C=O) groups excluding carboxylic acids is 2. The van der Waals surface area contributed by atoms with Crippen molar-refractivity contribution in [2.45, 2.75) is 82.1 Å². The van der Waals surface area contributed by atoms with Crippen molar-refractivity contribution in [2.75, 3.05) is 12.3 Å². The van der Waals surface area contributed by atoms with Gasteiger partial charge in [0.15, 0.2) is 22.8 Å². The Morgan fingerprint density at radius 2 is 1.91 bits per heavy atom. The Kier molecular flexibility index (Phi) is 7.09. The molecule has 46 heavy (non-hydrogen) atoms. The number of fused-ring (bicyclic) bond motifs is 7. The second kappa shape index (κ2) is 10.4. The summed E-state index contributed by atoms with van der Waals surface area (Å²) < 4.78 is 48.4. The van der Waals surface area contributed by atoms with Crippen molar-refractivity contribution in [1.29, 1.82) is 0 Å². The number of nitrogen functional groups attached to an aromatic ring is 1. The average Bonchev–Trinajstić information content (AvgIpc) is 3.64. The van der Waals surface area contributed by atoms with Crippen LogP contribution in [0.4, 0.5) is 14.5 Å². The number of ketones is 2. The summed E-state index contributed by atoms with van der Waals surface area (Å²) in [6.07, 6.45) is 0.818. The molecule has 1 saturated heterocycles. The number of anilines is 1. The fourth-order valence-electron chi connectivity index (χ4n) is 9.82. The summed E-state index contributed by atoms with van der Waals surface area (Å²) in [6, 6.07) is 7.39. The molecule has 0 bridgehead atoms. The van der Waals surface area contributed by atoms with Gasteiger partial charge < -0.3 is 35.1 Å². The van der Waals surface area contributed by atoms with E-state index in [9.17, 15) is 24.9 Å². The second-order valence-electron chi connectivity index (χ2n) is 14.2. The standard InChI is InChI=1S/C35H40F2N2O7/c1-32-7-6-21(42)11-24(32)25(36)12-23-22-13-30-35(29(44)17-41,33(22,2)14-28(43)34(23,32)37)46-31(45-30)27-10-19(15-39(27)3)8-18-4-5-20(16-40)26(38)9-18/h4-7,9-11,15,22-23,25,28,30-31,40-41,43H,8,12-14,16-17,38H2,1-3H3/t22-,23-,25-,28-,30+,31+,32-,33-,34-,35+/m0/s1. The van der Waals surface area contributed by atoms with Crippen LogP contribution in [0.2, 0.25) is 0 Å². The van der Waals surface area contributed by atoms with Gasteiger partial charge in [0.2, 0.25) is 6.29 Å². The third kappa shape index (κ3) is 3.95. The molecule has 0 unspecified atom stereocenters. The van der Waals surface area contributed by atoms with Gasteiger partial charge in [-0.2, -0.15) is 0 Å². The molecule has 11 heteroatoms. The summed E-state index contributed by atoms with van der Waals surface area (Å²) in [5.41, 5.74) is 2.96. The van der Waals surface area contributed by atoms with E-state index in [0.29, 0.717) is 23.4 Å². The molecule has 10 atom stereocenters. The topological polar surface area (TPSA) is 144 Å².